The second-order valence-corrected chi connectivity index (χ2v) is 5.64. The van der Waals surface area contributed by atoms with E-state index in [-0.39, 0.29) is 12.3 Å². The van der Waals surface area contributed by atoms with Crippen molar-refractivity contribution in [1.29, 1.82) is 0 Å². The molecule has 2 aromatic rings. The van der Waals surface area contributed by atoms with E-state index < -0.39 is 0 Å². The Morgan fingerprint density at radius 2 is 1.89 bits per heavy atom. The van der Waals surface area contributed by atoms with Gasteiger partial charge in [-0.25, -0.2) is 0 Å². The Labute approximate surface area is 129 Å². The maximum absolute atomic E-state index is 12.0. The van der Waals surface area contributed by atoms with Crippen molar-refractivity contribution in [3.05, 3.63) is 62.5 Å². The topological polar surface area (TPSA) is 29.1 Å². The fourth-order valence-corrected chi connectivity index (χ4v) is 2.36. The SMILES string of the molecule is O=C(Cc1ccccc1Br)Nc1cc(Cl)ccc1Cl. The molecule has 0 aromatic heterocycles. The summed E-state index contributed by atoms with van der Waals surface area (Å²) in [7, 11) is 0. The van der Waals surface area contributed by atoms with Crippen molar-refractivity contribution in [2.45, 2.75) is 6.42 Å². The molecule has 5 heteroatoms. The van der Waals surface area contributed by atoms with Crippen LogP contribution in [-0.4, -0.2) is 5.91 Å². The third-order valence-corrected chi connectivity index (χ3v) is 3.85. The van der Waals surface area contributed by atoms with Crippen LogP contribution in [0.2, 0.25) is 10.0 Å². The number of halogens is 3. The number of carbonyl (C=O) groups excluding carboxylic acids is 1. The molecule has 1 N–H and O–H groups in total. The molecule has 19 heavy (non-hydrogen) atoms. The van der Waals surface area contributed by atoms with Crippen LogP contribution in [-0.2, 0) is 11.2 Å². The maximum Gasteiger partial charge on any atom is 0.228 e. The predicted octanol–water partition coefficient (Wildman–Crippen LogP) is 4.94. The smallest absolute Gasteiger partial charge is 0.228 e. The minimum atomic E-state index is -0.143. The Balaban J connectivity index is 2.10. The van der Waals surface area contributed by atoms with Crippen molar-refractivity contribution in [2.24, 2.45) is 0 Å². The van der Waals surface area contributed by atoms with Gasteiger partial charge in [0.15, 0.2) is 0 Å². The molecule has 0 radical (unpaired) electrons. The van der Waals surface area contributed by atoms with Crippen LogP contribution in [0.25, 0.3) is 0 Å². The summed E-state index contributed by atoms with van der Waals surface area (Å²) in [5.41, 5.74) is 1.43. The molecular formula is C14H10BrCl2NO. The first kappa shape index (κ1) is 14.4. The van der Waals surface area contributed by atoms with E-state index in [1.165, 1.54) is 0 Å². The zero-order valence-electron chi connectivity index (χ0n) is 9.79. The second-order valence-electron chi connectivity index (χ2n) is 3.94. The van der Waals surface area contributed by atoms with E-state index in [1.54, 1.807) is 18.2 Å². The average molecular weight is 359 g/mol. The van der Waals surface area contributed by atoms with Crippen LogP contribution < -0.4 is 5.32 Å². The highest BCUT2D eigenvalue weighted by Crippen LogP contribution is 2.26. The number of amides is 1. The van der Waals surface area contributed by atoms with Crippen LogP contribution in [0.3, 0.4) is 0 Å². The molecule has 0 atom stereocenters. The van der Waals surface area contributed by atoms with Gasteiger partial charge in [0.2, 0.25) is 5.91 Å². The molecular weight excluding hydrogens is 349 g/mol. The van der Waals surface area contributed by atoms with Gasteiger partial charge in [-0.2, -0.15) is 0 Å². The zero-order chi connectivity index (χ0) is 13.8. The molecule has 2 aromatic carbocycles. The molecule has 0 aliphatic heterocycles. The molecule has 0 spiro atoms. The van der Waals surface area contributed by atoms with E-state index >= 15 is 0 Å². The van der Waals surface area contributed by atoms with Crippen molar-refractivity contribution in [3.8, 4) is 0 Å². The van der Waals surface area contributed by atoms with Gasteiger partial charge in [-0.1, -0.05) is 57.3 Å². The highest BCUT2D eigenvalue weighted by atomic mass is 79.9. The van der Waals surface area contributed by atoms with Crippen molar-refractivity contribution in [3.63, 3.8) is 0 Å². The summed E-state index contributed by atoms with van der Waals surface area (Å²) in [6.07, 6.45) is 0.268. The lowest BCUT2D eigenvalue weighted by molar-refractivity contribution is -0.115. The quantitative estimate of drug-likeness (QED) is 0.827. The molecule has 98 valence electrons. The number of hydrogen-bond donors (Lipinski definition) is 1. The van der Waals surface area contributed by atoms with E-state index in [4.69, 9.17) is 23.2 Å². The maximum atomic E-state index is 12.0. The Hall–Kier alpha value is -1.03. The lowest BCUT2D eigenvalue weighted by Gasteiger charge is -2.08. The minimum Gasteiger partial charge on any atom is -0.324 e. The highest BCUT2D eigenvalue weighted by Gasteiger charge is 2.09. The molecule has 0 heterocycles. The highest BCUT2D eigenvalue weighted by molar-refractivity contribution is 9.10. The molecule has 0 aliphatic rings. The monoisotopic (exact) mass is 357 g/mol. The molecule has 0 bridgehead atoms. The van der Waals surface area contributed by atoms with Crippen LogP contribution >= 0.6 is 39.1 Å². The first-order chi connectivity index (χ1) is 9.06. The van der Waals surface area contributed by atoms with Crippen LogP contribution in [0, 0.1) is 0 Å². The fourth-order valence-electron chi connectivity index (χ4n) is 1.60. The summed E-state index contributed by atoms with van der Waals surface area (Å²) in [5.74, 6) is -0.143. The Bertz CT molecular complexity index is 616. The first-order valence-corrected chi connectivity index (χ1v) is 7.09. The summed E-state index contributed by atoms with van der Waals surface area (Å²) >= 11 is 15.3. The van der Waals surface area contributed by atoms with E-state index in [1.807, 2.05) is 24.3 Å². The van der Waals surface area contributed by atoms with Crippen molar-refractivity contribution in [1.82, 2.24) is 0 Å². The summed E-state index contributed by atoms with van der Waals surface area (Å²) in [6.45, 7) is 0. The molecule has 2 rings (SSSR count). The standard InChI is InChI=1S/C14H10BrCl2NO/c15-11-4-2-1-3-9(11)7-14(19)18-13-8-10(16)5-6-12(13)17/h1-6,8H,7H2,(H,18,19). The fraction of sp³-hybridized carbons (Fsp3) is 0.0714. The molecule has 0 saturated heterocycles. The number of carbonyl (C=O) groups is 1. The van der Waals surface area contributed by atoms with Crippen molar-refractivity contribution < 1.29 is 4.79 Å². The van der Waals surface area contributed by atoms with Gasteiger partial charge in [-0.05, 0) is 29.8 Å². The number of rotatable bonds is 3. The Morgan fingerprint density at radius 1 is 1.16 bits per heavy atom. The summed E-state index contributed by atoms with van der Waals surface area (Å²) in [4.78, 5) is 12.0. The number of nitrogens with one attached hydrogen (secondary N) is 1. The van der Waals surface area contributed by atoms with E-state index in [0.29, 0.717) is 15.7 Å². The Kier molecular flexibility index (Phi) is 4.86. The van der Waals surface area contributed by atoms with Gasteiger partial charge in [-0.3, -0.25) is 4.79 Å². The molecule has 0 fully saturated rings. The van der Waals surface area contributed by atoms with Crippen molar-refractivity contribution in [2.75, 3.05) is 5.32 Å². The van der Waals surface area contributed by atoms with Crippen LogP contribution in [0.15, 0.2) is 46.9 Å². The lowest BCUT2D eigenvalue weighted by Crippen LogP contribution is -2.14. The van der Waals surface area contributed by atoms with Gasteiger partial charge >= 0.3 is 0 Å². The normalized spacial score (nSPS) is 10.3. The zero-order valence-corrected chi connectivity index (χ0v) is 12.9. The van der Waals surface area contributed by atoms with E-state index in [9.17, 15) is 4.79 Å². The van der Waals surface area contributed by atoms with Crippen LogP contribution in [0.5, 0.6) is 0 Å². The van der Waals surface area contributed by atoms with Gasteiger partial charge in [0, 0.05) is 9.50 Å². The molecule has 0 aliphatic carbocycles. The minimum absolute atomic E-state index is 0.143. The van der Waals surface area contributed by atoms with Gasteiger partial charge < -0.3 is 5.32 Å². The largest absolute Gasteiger partial charge is 0.324 e. The van der Waals surface area contributed by atoms with E-state index in [2.05, 4.69) is 21.2 Å². The summed E-state index contributed by atoms with van der Waals surface area (Å²) < 4.78 is 0.905. The lowest BCUT2D eigenvalue weighted by atomic mass is 10.1. The predicted molar refractivity (Wildman–Crippen MR) is 82.9 cm³/mol. The van der Waals surface area contributed by atoms with Gasteiger partial charge in [0.1, 0.15) is 0 Å². The van der Waals surface area contributed by atoms with Crippen molar-refractivity contribution >= 4 is 50.7 Å². The third kappa shape index (κ3) is 3.96. The van der Waals surface area contributed by atoms with Crippen LogP contribution in [0.1, 0.15) is 5.56 Å². The van der Waals surface area contributed by atoms with E-state index in [0.717, 1.165) is 10.0 Å². The second kappa shape index (κ2) is 6.42. The molecule has 0 unspecified atom stereocenters. The molecule has 0 saturated carbocycles. The third-order valence-electron chi connectivity index (χ3n) is 2.51. The molecule has 1 amide bonds. The number of anilines is 1. The van der Waals surface area contributed by atoms with Gasteiger partial charge in [0.05, 0.1) is 17.1 Å². The average Bonchev–Trinajstić information content (AvgIpc) is 2.37. The first-order valence-electron chi connectivity index (χ1n) is 5.54. The number of hydrogen-bond acceptors (Lipinski definition) is 1. The van der Waals surface area contributed by atoms with Gasteiger partial charge in [-0.15, -0.1) is 0 Å². The summed E-state index contributed by atoms with van der Waals surface area (Å²) in [6, 6.07) is 12.5. The Morgan fingerprint density at radius 3 is 2.63 bits per heavy atom. The van der Waals surface area contributed by atoms with Gasteiger partial charge in [0.25, 0.3) is 0 Å². The molecule has 2 nitrogen and oxygen atoms in total. The van der Waals surface area contributed by atoms with Crippen LogP contribution in [0.4, 0.5) is 5.69 Å². The number of benzene rings is 2. The summed E-state index contributed by atoms with van der Waals surface area (Å²) in [5, 5.41) is 3.74.